The molecular weight excluding hydrogens is 338 g/mol. The summed E-state index contributed by atoms with van der Waals surface area (Å²) in [5.41, 5.74) is 7.50. The van der Waals surface area contributed by atoms with Gasteiger partial charge < -0.3 is 15.7 Å². The number of carbonyl (C=O) groups is 1. The largest absolute Gasteiger partial charge is 0.395 e. The maximum atomic E-state index is 12.6. The number of amides is 1. The van der Waals surface area contributed by atoms with Gasteiger partial charge in [0.1, 0.15) is 0 Å². The van der Waals surface area contributed by atoms with Crippen molar-refractivity contribution in [2.24, 2.45) is 0 Å². The van der Waals surface area contributed by atoms with Crippen LogP contribution in [0.4, 0.5) is 5.69 Å². The highest BCUT2D eigenvalue weighted by atomic mass is 16.3. The normalized spacial score (nSPS) is 17.6. The van der Waals surface area contributed by atoms with Crippen LogP contribution in [-0.2, 0) is 17.8 Å². The second-order valence-electron chi connectivity index (χ2n) is 6.98. The summed E-state index contributed by atoms with van der Waals surface area (Å²) in [4.78, 5) is 15.0. The Morgan fingerprint density at radius 1 is 1.22 bits per heavy atom. The summed E-state index contributed by atoms with van der Waals surface area (Å²) in [5, 5.41) is 15.1. The molecule has 2 aromatic carbocycles. The summed E-state index contributed by atoms with van der Waals surface area (Å²) in [6.45, 7) is 5.52. The molecule has 0 atom stereocenters. The lowest BCUT2D eigenvalue weighted by molar-refractivity contribution is -0.110. The van der Waals surface area contributed by atoms with E-state index in [1.807, 2.05) is 6.07 Å². The Morgan fingerprint density at radius 3 is 2.78 bits per heavy atom. The number of hydrogen-bond acceptors (Lipinski definition) is 4. The fraction of sp³-hybridized carbons (Fsp3) is 0.318. The van der Waals surface area contributed by atoms with Gasteiger partial charge in [0.05, 0.1) is 17.9 Å². The number of nitrogens with zero attached hydrogens (tertiary/aromatic N) is 1. The predicted octanol–water partition coefficient (Wildman–Crippen LogP) is 2.61. The summed E-state index contributed by atoms with van der Waals surface area (Å²) in [6.07, 6.45) is 2.71. The van der Waals surface area contributed by atoms with Crippen LogP contribution in [0.25, 0.3) is 16.7 Å². The van der Waals surface area contributed by atoms with Crippen LogP contribution in [0.15, 0.2) is 42.6 Å². The molecule has 3 N–H and O–H groups in total. The van der Waals surface area contributed by atoms with Crippen molar-refractivity contribution < 1.29 is 9.90 Å². The molecule has 1 amide bonds. The third kappa shape index (κ3) is 3.24. The number of likely N-dealkylation sites (N-methyl/N-ethyl adjacent to an activating group) is 1. The Balaban J connectivity index is 1.88. The first-order valence-electron chi connectivity index (χ1n) is 9.55. The van der Waals surface area contributed by atoms with Gasteiger partial charge in [0, 0.05) is 31.4 Å². The van der Waals surface area contributed by atoms with Crippen LogP contribution in [0.1, 0.15) is 23.6 Å². The number of aliphatic hydroxyl groups excluding tert-OH is 1. The molecule has 0 aliphatic carbocycles. The quantitative estimate of drug-likeness (QED) is 0.564. The molecule has 0 saturated carbocycles. The van der Waals surface area contributed by atoms with E-state index in [1.165, 1.54) is 22.3 Å². The maximum Gasteiger partial charge on any atom is 0.257 e. The number of anilines is 1. The minimum Gasteiger partial charge on any atom is -0.395 e. The first-order valence-corrected chi connectivity index (χ1v) is 9.55. The van der Waals surface area contributed by atoms with E-state index in [9.17, 15) is 4.79 Å². The summed E-state index contributed by atoms with van der Waals surface area (Å²) in [5.74, 6) is -0.0866. The number of hydrogen-bond donors (Lipinski definition) is 3. The van der Waals surface area contributed by atoms with Crippen LogP contribution in [0.2, 0.25) is 0 Å². The average molecular weight is 363 g/mol. The summed E-state index contributed by atoms with van der Waals surface area (Å²) < 4.78 is 0. The first-order chi connectivity index (χ1) is 13.2. The van der Waals surface area contributed by atoms with Gasteiger partial charge in [-0.25, -0.2) is 0 Å². The van der Waals surface area contributed by atoms with E-state index in [2.05, 4.69) is 52.8 Å². The summed E-state index contributed by atoms with van der Waals surface area (Å²) in [7, 11) is 0. The maximum absolute atomic E-state index is 12.6. The lowest BCUT2D eigenvalue weighted by Gasteiger charge is -2.31. The average Bonchev–Trinajstić information content (AvgIpc) is 3.03. The Morgan fingerprint density at radius 2 is 2.04 bits per heavy atom. The van der Waals surface area contributed by atoms with Gasteiger partial charge in [-0.15, -0.1) is 0 Å². The van der Waals surface area contributed by atoms with Gasteiger partial charge in [-0.3, -0.25) is 9.69 Å². The van der Waals surface area contributed by atoms with Gasteiger partial charge in [0.2, 0.25) is 0 Å². The number of rotatable bonds is 5. The van der Waals surface area contributed by atoms with E-state index in [4.69, 9.17) is 5.11 Å². The van der Waals surface area contributed by atoms with Crippen molar-refractivity contribution in [3.8, 4) is 11.1 Å². The number of fused-ring (bicyclic) bond motifs is 3. The van der Waals surface area contributed by atoms with Crippen molar-refractivity contribution in [1.82, 2.24) is 10.2 Å². The highest BCUT2D eigenvalue weighted by molar-refractivity contribution is 6.32. The molecule has 2 aromatic rings. The fourth-order valence-corrected chi connectivity index (χ4v) is 4.00. The second kappa shape index (κ2) is 7.55. The predicted molar refractivity (Wildman–Crippen MR) is 108 cm³/mol. The molecule has 4 rings (SSSR count). The van der Waals surface area contributed by atoms with Crippen molar-refractivity contribution in [3.63, 3.8) is 0 Å². The fourth-order valence-electron chi connectivity index (χ4n) is 4.00. The van der Waals surface area contributed by atoms with Gasteiger partial charge in [-0.2, -0.15) is 0 Å². The lowest BCUT2D eigenvalue weighted by atomic mass is 9.86. The monoisotopic (exact) mass is 363 g/mol. The smallest absolute Gasteiger partial charge is 0.257 e. The minimum absolute atomic E-state index is 0.0309. The van der Waals surface area contributed by atoms with Gasteiger partial charge >= 0.3 is 0 Å². The molecule has 140 valence electrons. The number of nitrogens with one attached hydrogen (secondary N) is 2. The lowest BCUT2D eigenvalue weighted by Crippen LogP contribution is -2.31. The zero-order valence-corrected chi connectivity index (χ0v) is 15.6. The van der Waals surface area contributed by atoms with Crippen LogP contribution in [-0.4, -0.2) is 42.2 Å². The molecule has 27 heavy (non-hydrogen) atoms. The zero-order chi connectivity index (χ0) is 18.8. The van der Waals surface area contributed by atoms with Crippen molar-refractivity contribution >= 4 is 17.2 Å². The SMILES string of the molecule is CCN1CCc2c(-c3ccccc3)cc3c(c2C1)NC(=O)C3=CNCCO. The Hall–Kier alpha value is -2.63. The molecule has 0 aromatic heterocycles. The number of carbonyl (C=O) groups excluding carboxylic acids is 1. The topological polar surface area (TPSA) is 64.6 Å². The van der Waals surface area contributed by atoms with E-state index >= 15 is 0 Å². The summed E-state index contributed by atoms with van der Waals surface area (Å²) >= 11 is 0. The summed E-state index contributed by atoms with van der Waals surface area (Å²) in [6, 6.07) is 12.5. The molecule has 2 aliphatic rings. The van der Waals surface area contributed by atoms with Crippen molar-refractivity contribution in [2.75, 3.05) is 31.6 Å². The molecule has 0 unspecified atom stereocenters. The third-order valence-electron chi connectivity index (χ3n) is 5.42. The number of aliphatic hydroxyl groups is 1. The molecule has 0 saturated heterocycles. The van der Waals surface area contributed by atoms with Crippen LogP contribution >= 0.6 is 0 Å². The first kappa shape index (κ1) is 17.8. The third-order valence-corrected chi connectivity index (χ3v) is 5.42. The standard InChI is InChI=1S/C22H25N3O2/c1-2-25-10-8-16-17(15-6-4-3-5-7-15)12-18-19(13-23-9-11-26)22(27)24-21(18)20(16)14-25/h3-7,12-13,23,26H,2,8-11,14H2,1H3,(H,24,27). The van der Waals surface area contributed by atoms with Gasteiger partial charge in [0.15, 0.2) is 0 Å². The van der Waals surface area contributed by atoms with E-state index in [-0.39, 0.29) is 12.5 Å². The molecule has 5 heteroatoms. The van der Waals surface area contributed by atoms with E-state index < -0.39 is 0 Å². The number of benzene rings is 2. The highest BCUT2D eigenvalue weighted by Crippen LogP contribution is 2.43. The Labute approximate surface area is 159 Å². The Kier molecular flexibility index (Phi) is 4.97. The van der Waals surface area contributed by atoms with E-state index in [0.29, 0.717) is 12.1 Å². The van der Waals surface area contributed by atoms with Crippen molar-refractivity contribution in [1.29, 1.82) is 0 Å². The molecule has 0 radical (unpaired) electrons. The van der Waals surface area contributed by atoms with Crippen LogP contribution < -0.4 is 10.6 Å². The van der Waals surface area contributed by atoms with E-state index in [0.717, 1.165) is 37.3 Å². The molecule has 0 fully saturated rings. The molecule has 2 aliphatic heterocycles. The minimum atomic E-state index is -0.0866. The van der Waals surface area contributed by atoms with E-state index in [1.54, 1.807) is 6.20 Å². The van der Waals surface area contributed by atoms with Crippen molar-refractivity contribution in [2.45, 2.75) is 19.9 Å². The van der Waals surface area contributed by atoms with Gasteiger partial charge in [-0.1, -0.05) is 37.3 Å². The molecule has 2 heterocycles. The van der Waals surface area contributed by atoms with Gasteiger partial charge in [0.25, 0.3) is 5.91 Å². The molecule has 0 bridgehead atoms. The molecule has 5 nitrogen and oxygen atoms in total. The van der Waals surface area contributed by atoms with Gasteiger partial charge in [-0.05, 0) is 41.3 Å². The van der Waals surface area contributed by atoms with Crippen LogP contribution in [0.5, 0.6) is 0 Å². The highest BCUT2D eigenvalue weighted by Gasteiger charge is 2.32. The molecule has 0 spiro atoms. The zero-order valence-electron chi connectivity index (χ0n) is 15.6. The second-order valence-corrected chi connectivity index (χ2v) is 6.98. The molecular formula is C22H25N3O2. The Bertz CT molecular complexity index is 890. The van der Waals surface area contributed by atoms with Crippen LogP contribution in [0, 0.1) is 0 Å². The van der Waals surface area contributed by atoms with Crippen LogP contribution in [0.3, 0.4) is 0 Å². The van der Waals surface area contributed by atoms with Crippen molar-refractivity contribution in [3.05, 3.63) is 59.3 Å².